The Kier molecular flexibility index (Phi) is 6.22. The fourth-order valence-corrected chi connectivity index (χ4v) is 5.22. The quantitative estimate of drug-likeness (QED) is 0.510. The number of fused-ring (bicyclic) bond motifs is 1. The van der Waals surface area contributed by atoms with Crippen LogP contribution in [0.15, 0.2) is 63.5 Å². The van der Waals surface area contributed by atoms with Gasteiger partial charge in [-0.2, -0.15) is 9.39 Å². The lowest BCUT2D eigenvalue weighted by Gasteiger charge is -2.25. The zero-order chi connectivity index (χ0) is 23.8. The van der Waals surface area contributed by atoms with E-state index >= 15 is 0 Å². The van der Waals surface area contributed by atoms with Crippen molar-refractivity contribution < 1.29 is 17.9 Å². The third-order valence-corrected chi connectivity index (χ3v) is 8.06. The van der Waals surface area contributed by atoms with Gasteiger partial charge in [-0.1, -0.05) is 36.4 Å². The van der Waals surface area contributed by atoms with Gasteiger partial charge in [-0.15, -0.1) is 0 Å². The van der Waals surface area contributed by atoms with E-state index in [9.17, 15) is 13.2 Å². The summed E-state index contributed by atoms with van der Waals surface area (Å²) in [4.78, 5) is 17.6. The number of benzene rings is 2. The molecule has 0 fully saturated rings. The van der Waals surface area contributed by atoms with Gasteiger partial charge in [0.15, 0.2) is 0 Å². The predicted octanol–water partition coefficient (Wildman–Crippen LogP) is 3.97. The van der Waals surface area contributed by atoms with Crippen LogP contribution in [0.5, 0.6) is 5.75 Å². The van der Waals surface area contributed by atoms with Gasteiger partial charge in [-0.25, -0.2) is 13.3 Å². The summed E-state index contributed by atoms with van der Waals surface area (Å²) in [6, 6.07) is 15.1. The molecule has 2 aromatic carbocycles. The minimum Gasteiger partial charge on any atom is -0.489 e. The number of nitrogens with one attached hydrogen (secondary N) is 1. The lowest BCUT2D eigenvalue weighted by Crippen LogP contribution is -2.46. The molecule has 0 unspecified atom stereocenters. The molecule has 0 spiro atoms. The molecule has 0 bridgehead atoms. The number of nitrogens with zero attached hydrogens (tertiary/aromatic N) is 3. The largest absolute Gasteiger partial charge is 0.489 e. The highest BCUT2D eigenvalue weighted by Gasteiger charge is 2.43. The third kappa shape index (κ3) is 4.49. The zero-order valence-corrected chi connectivity index (χ0v) is 19.9. The standard InChI is InChI=1S/C23H22N4O4S2/c1-14(2)33(29,30)23-26-32-22-25-21(28)19(20(24)27(22)23)12-16-8-10-18(11-9-16)31-13-17-7-5-4-6-15(17)3/h4-12,14,24H,13H2,1-3H3/b19-12-,24-20?. The molecule has 2 aliphatic rings. The summed E-state index contributed by atoms with van der Waals surface area (Å²) in [6.45, 7) is 5.54. The Morgan fingerprint density at radius 2 is 1.85 bits per heavy atom. The van der Waals surface area contributed by atoms with Gasteiger partial charge < -0.3 is 4.74 Å². The van der Waals surface area contributed by atoms with E-state index in [1.807, 2.05) is 31.2 Å². The first-order chi connectivity index (χ1) is 15.7. The maximum Gasteiger partial charge on any atom is 0.283 e. The maximum absolute atomic E-state index is 12.6. The minimum absolute atomic E-state index is 0.0125. The molecular weight excluding hydrogens is 460 g/mol. The maximum atomic E-state index is 12.6. The predicted molar refractivity (Wildman–Crippen MR) is 131 cm³/mol. The summed E-state index contributed by atoms with van der Waals surface area (Å²) in [6.07, 6.45) is 1.51. The van der Waals surface area contributed by atoms with E-state index < -0.39 is 21.0 Å². The SMILES string of the molecule is Cc1ccccc1COc1ccc(/C=C2/C(=N)N3C(=NC2=O)SN=C3S(=O)(=O)C(C)C)cc1. The fourth-order valence-electron chi connectivity index (χ4n) is 3.15. The highest BCUT2D eigenvalue weighted by molar-refractivity contribution is 8.16. The normalized spacial score (nSPS) is 17.3. The molecular formula is C23H22N4O4S2. The highest BCUT2D eigenvalue weighted by Crippen LogP contribution is 2.31. The summed E-state index contributed by atoms with van der Waals surface area (Å²) >= 11 is 0.780. The molecule has 0 saturated carbocycles. The molecule has 1 N–H and O–H groups in total. The van der Waals surface area contributed by atoms with Gasteiger partial charge in [-0.05, 0) is 55.7 Å². The van der Waals surface area contributed by atoms with Crippen molar-refractivity contribution >= 4 is 49.9 Å². The Morgan fingerprint density at radius 1 is 1.15 bits per heavy atom. The summed E-state index contributed by atoms with van der Waals surface area (Å²) in [5.74, 6) is -0.214. The second-order valence-electron chi connectivity index (χ2n) is 7.78. The first-order valence-corrected chi connectivity index (χ1v) is 12.5. The Morgan fingerprint density at radius 3 is 2.52 bits per heavy atom. The van der Waals surface area contributed by atoms with Crippen LogP contribution in [0.25, 0.3) is 6.08 Å². The molecule has 2 aromatic rings. The van der Waals surface area contributed by atoms with E-state index in [0.29, 0.717) is 17.9 Å². The van der Waals surface area contributed by atoms with Crippen LogP contribution in [0.1, 0.15) is 30.5 Å². The van der Waals surface area contributed by atoms with E-state index in [4.69, 9.17) is 10.1 Å². The number of amidine groups is 3. The Balaban J connectivity index is 1.54. The van der Waals surface area contributed by atoms with Crippen LogP contribution in [0.4, 0.5) is 0 Å². The molecule has 8 nitrogen and oxygen atoms in total. The number of amides is 1. The first kappa shape index (κ1) is 22.9. The van der Waals surface area contributed by atoms with Crippen molar-refractivity contribution in [1.29, 1.82) is 5.41 Å². The van der Waals surface area contributed by atoms with Crippen LogP contribution >= 0.6 is 11.9 Å². The fraction of sp³-hybridized carbons (Fsp3) is 0.217. The van der Waals surface area contributed by atoms with Gasteiger partial charge in [0.05, 0.1) is 22.8 Å². The monoisotopic (exact) mass is 482 g/mol. The summed E-state index contributed by atoms with van der Waals surface area (Å²) in [5.41, 5.74) is 2.88. The van der Waals surface area contributed by atoms with Gasteiger partial charge in [0.1, 0.15) is 18.2 Å². The molecule has 2 heterocycles. The first-order valence-electron chi connectivity index (χ1n) is 10.2. The van der Waals surface area contributed by atoms with Crippen LogP contribution in [-0.2, 0) is 21.2 Å². The van der Waals surface area contributed by atoms with Crippen molar-refractivity contribution in [3.05, 3.63) is 70.8 Å². The minimum atomic E-state index is -3.75. The molecule has 4 rings (SSSR count). The Bertz CT molecular complexity index is 1330. The average Bonchev–Trinajstić information content (AvgIpc) is 3.21. The van der Waals surface area contributed by atoms with Crippen LogP contribution in [-0.4, -0.2) is 40.6 Å². The lowest BCUT2D eigenvalue weighted by atomic mass is 10.1. The highest BCUT2D eigenvalue weighted by atomic mass is 32.2. The van der Waals surface area contributed by atoms with Gasteiger partial charge in [0.2, 0.25) is 20.2 Å². The van der Waals surface area contributed by atoms with E-state index in [1.165, 1.54) is 19.9 Å². The van der Waals surface area contributed by atoms with Crippen molar-refractivity contribution in [2.75, 3.05) is 0 Å². The van der Waals surface area contributed by atoms with E-state index in [1.54, 1.807) is 24.3 Å². The summed E-state index contributed by atoms with van der Waals surface area (Å²) in [7, 11) is -3.75. The molecule has 170 valence electrons. The molecule has 2 aliphatic heterocycles. The number of ether oxygens (including phenoxy) is 1. The van der Waals surface area contributed by atoms with Gasteiger partial charge in [0.25, 0.3) is 5.91 Å². The number of carbonyl (C=O) groups is 1. The third-order valence-electron chi connectivity index (χ3n) is 5.22. The zero-order valence-electron chi connectivity index (χ0n) is 18.3. The Labute approximate surface area is 196 Å². The number of hydrogen-bond acceptors (Lipinski definition) is 7. The van der Waals surface area contributed by atoms with Gasteiger partial charge >= 0.3 is 0 Å². The van der Waals surface area contributed by atoms with Crippen molar-refractivity contribution in [1.82, 2.24) is 4.90 Å². The lowest BCUT2D eigenvalue weighted by molar-refractivity contribution is -0.114. The van der Waals surface area contributed by atoms with E-state index in [2.05, 4.69) is 9.39 Å². The van der Waals surface area contributed by atoms with Crippen LogP contribution in [0, 0.1) is 12.3 Å². The molecule has 0 aromatic heterocycles. The second-order valence-corrected chi connectivity index (χ2v) is 10.9. The number of aliphatic imine (C=N–C) groups is 1. The number of aryl methyl sites for hydroxylation is 1. The molecule has 0 aliphatic carbocycles. The van der Waals surface area contributed by atoms with Gasteiger partial charge in [0, 0.05) is 0 Å². The number of sulfone groups is 1. The second kappa shape index (κ2) is 8.95. The van der Waals surface area contributed by atoms with Crippen molar-refractivity contribution in [2.45, 2.75) is 32.6 Å². The van der Waals surface area contributed by atoms with Crippen molar-refractivity contribution in [3.63, 3.8) is 0 Å². The Hall–Kier alpha value is -3.24. The summed E-state index contributed by atoms with van der Waals surface area (Å²) in [5, 5.41) is 7.58. The molecule has 10 heteroatoms. The molecule has 0 atom stereocenters. The number of hydrogen-bond donors (Lipinski definition) is 1. The van der Waals surface area contributed by atoms with Crippen molar-refractivity contribution in [2.24, 2.45) is 9.39 Å². The van der Waals surface area contributed by atoms with E-state index in [-0.39, 0.29) is 21.7 Å². The van der Waals surface area contributed by atoms with Crippen LogP contribution in [0.2, 0.25) is 0 Å². The molecule has 33 heavy (non-hydrogen) atoms. The topological polar surface area (TPSA) is 112 Å². The number of rotatable bonds is 5. The van der Waals surface area contributed by atoms with Crippen LogP contribution in [0.3, 0.4) is 0 Å². The smallest absolute Gasteiger partial charge is 0.283 e. The molecule has 0 saturated heterocycles. The van der Waals surface area contributed by atoms with Crippen molar-refractivity contribution in [3.8, 4) is 5.75 Å². The van der Waals surface area contributed by atoms with Crippen LogP contribution < -0.4 is 4.74 Å². The molecule has 0 radical (unpaired) electrons. The molecule has 1 amide bonds. The summed E-state index contributed by atoms with van der Waals surface area (Å²) < 4.78 is 35.1. The van der Waals surface area contributed by atoms with Gasteiger partial charge in [-0.3, -0.25) is 10.2 Å². The average molecular weight is 483 g/mol. The number of carbonyl (C=O) groups excluding carboxylic acids is 1. The van der Waals surface area contributed by atoms with E-state index in [0.717, 1.165) is 28.0 Å².